The molecule has 0 saturated heterocycles. The molecule has 21 heavy (non-hydrogen) atoms. The van der Waals surface area contributed by atoms with Crippen LogP contribution >= 0.6 is 27.5 Å². The third-order valence-electron chi connectivity index (χ3n) is 4.40. The molecular formula is C18H18BrClO. The Balaban J connectivity index is 2.73. The number of halogens is 2. The smallest absolute Gasteiger partial charge is 0.195 e. The zero-order valence-corrected chi connectivity index (χ0v) is 15.2. The fraction of sp³-hybridized carbons (Fsp3) is 0.278. The summed E-state index contributed by atoms with van der Waals surface area (Å²) in [6, 6.07) is 5.37. The molecule has 0 aromatic heterocycles. The van der Waals surface area contributed by atoms with Crippen molar-refractivity contribution in [1.82, 2.24) is 0 Å². The lowest BCUT2D eigenvalue weighted by Gasteiger charge is -2.18. The summed E-state index contributed by atoms with van der Waals surface area (Å²) in [5, 5.41) is 0.484. The maximum atomic E-state index is 13.0. The summed E-state index contributed by atoms with van der Waals surface area (Å²) in [5.74, 6) is -0.0116. The van der Waals surface area contributed by atoms with Crippen molar-refractivity contribution in [2.24, 2.45) is 0 Å². The van der Waals surface area contributed by atoms with Gasteiger partial charge in [0.1, 0.15) is 0 Å². The Hall–Kier alpha value is -1.12. The van der Waals surface area contributed by atoms with Crippen LogP contribution in [0.3, 0.4) is 0 Å². The summed E-state index contributed by atoms with van der Waals surface area (Å²) in [6.45, 7) is 10.2. The largest absolute Gasteiger partial charge is 0.289 e. The third-order valence-corrected chi connectivity index (χ3v) is 5.22. The highest BCUT2D eigenvalue weighted by Crippen LogP contribution is 2.30. The van der Waals surface area contributed by atoms with E-state index in [4.69, 9.17) is 11.6 Å². The number of carbonyl (C=O) groups excluding carboxylic acids is 1. The standard InChI is InChI=1S/C18H18BrClO/c1-9-10(2)12(4)17(13(5)11(9)3)18(21)15-8-14(19)6-7-16(15)20/h6-8H,1-5H3. The molecule has 3 heteroatoms. The summed E-state index contributed by atoms with van der Waals surface area (Å²) in [4.78, 5) is 13.0. The highest BCUT2D eigenvalue weighted by Gasteiger charge is 2.21. The number of ketones is 1. The van der Waals surface area contributed by atoms with Crippen molar-refractivity contribution in [2.45, 2.75) is 34.6 Å². The predicted molar refractivity (Wildman–Crippen MR) is 92.7 cm³/mol. The van der Waals surface area contributed by atoms with E-state index >= 15 is 0 Å². The van der Waals surface area contributed by atoms with Gasteiger partial charge in [0.2, 0.25) is 0 Å². The van der Waals surface area contributed by atoms with Crippen LogP contribution < -0.4 is 0 Å². The van der Waals surface area contributed by atoms with Gasteiger partial charge in [0, 0.05) is 15.6 Å². The molecule has 0 amide bonds. The molecule has 110 valence electrons. The molecule has 0 aliphatic heterocycles. The Morgan fingerprint density at radius 3 is 1.90 bits per heavy atom. The van der Waals surface area contributed by atoms with Crippen LogP contribution in [-0.4, -0.2) is 5.78 Å². The first-order chi connectivity index (χ1) is 9.75. The molecule has 2 aromatic carbocycles. The molecule has 0 unspecified atom stereocenters. The molecular weight excluding hydrogens is 348 g/mol. The second-order valence-electron chi connectivity index (χ2n) is 5.45. The van der Waals surface area contributed by atoms with E-state index < -0.39 is 0 Å². The predicted octanol–water partition coefficient (Wildman–Crippen LogP) is 5.88. The molecule has 0 saturated carbocycles. The first-order valence-corrected chi connectivity index (χ1v) is 7.99. The molecule has 0 fully saturated rings. The highest BCUT2D eigenvalue weighted by molar-refractivity contribution is 9.10. The van der Waals surface area contributed by atoms with E-state index in [0.717, 1.165) is 21.2 Å². The quantitative estimate of drug-likeness (QED) is 0.608. The van der Waals surface area contributed by atoms with Crippen LogP contribution in [0.5, 0.6) is 0 Å². The van der Waals surface area contributed by atoms with Gasteiger partial charge in [0.05, 0.1) is 5.02 Å². The Labute approximate surface area is 139 Å². The van der Waals surface area contributed by atoms with Crippen molar-refractivity contribution in [3.63, 3.8) is 0 Å². The average molecular weight is 366 g/mol. The van der Waals surface area contributed by atoms with Crippen molar-refractivity contribution in [3.05, 3.63) is 66.6 Å². The van der Waals surface area contributed by atoms with E-state index in [0.29, 0.717) is 10.6 Å². The van der Waals surface area contributed by atoms with Crippen molar-refractivity contribution in [2.75, 3.05) is 0 Å². The van der Waals surface area contributed by atoms with Crippen molar-refractivity contribution in [1.29, 1.82) is 0 Å². The summed E-state index contributed by atoms with van der Waals surface area (Å²) < 4.78 is 0.853. The number of carbonyl (C=O) groups is 1. The molecule has 0 heterocycles. The first-order valence-electron chi connectivity index (χ1n) is 6.82. The second kappa shape index (κ2) is 5.94. The minimum atomic E-state index is -0.0116. The van der Waals surface area contributed by atoms with Crippen LogP contribution in [0, 0.1) is 34.6 Å². The van der Waals surface area contributed by atoms with Gasteiger partial charge in [0.15, 0.2) is 5.78 Å². The molecule has 0 radical (unpaired) electrons. The fourth-order valence-corrected chi connectivity index (χ4v) is 3.21. The Morgan fingerprint density at radius 2 is 1.38 bits per heavy atom. The van der Waals surface area contributed by atoms with Gasteiger partial charge in [-0.25, -0.2) is 0 Å². The van der Waals surface area contributed by atoms with E-state index in [1.807, 2.05) is 19.9 Å². The van der Waals surface area contributed by atoms with Gasteiger partial charge in [-0.15, -0.1) is 0 Å². The lowest BCUT2D eigenvalue weighted by atomic mass is 9.86. The lowest BCUT2D eigenvalue weighted by Crippen LogP contribution is -2.11. The summed E-state index contributed by atoms with van der Waals surface area (Å²) in [5.41, 5.74) is 6.99. The Morgan fingerprint density at radius 1 is 0.905 bits per heavy atom. The summed E-state index contributed by atoms with van der Waals surface area (Å²) >= 11 is 9.62. The molecule has 2 aromatic rings. The number of benzene rings is 2. The molecule has 0 N–H and O–H groups in total. The van der Waals surface area contributed by atoms with Gasteiger partial charge in [-0.2, -0.15) is 0 Å². The SMILES string of the molecule is Cc1c(C)c(C)c(C(=O)c2cc(Br)ccc2Cl)c(C)c1C. The van der Waals surface area contributed by atoms with Crippen molar-refractivity contribution >= 4 is 33.3 Å². The van der Waals surface area contributed by atoms with Crippen LogP contribution in [0.25, 0.3) is 0 Å². The number of hydrogen-bond acceptors (Lipinski definition) is 1. The normalized spacial score (nSPS) is 10.8. The van der Waals surface area contributed by atoms with Gasteiger partial charge >= 0.3 is 0 Å². The van der Waals surface area contributed by atoms with Gasteiger partial charge in [0.25, 0.3) is 0 Å². The highest BCUT2D eigenvalue weighted by atomic mass is 79.9. The van der Waals surface area contributed by atoms with Crippen LogP contribution in [0.4, 0.5) is 0 Å². The molecule has 1 nitrogen and oxygen atoms in total. The van der Waals surface area contributed by atoms with Gasteiger partial charge in [-0.1, -0.05) is 27.5 Å². The zero-order chi connectivity index (χ0) is 15.9. The number of hydrogen-bond donors (Lipinski definition) is 0. The van der Waals surface area contributed by atoms with E-state index in [1.165, 1.54) is 16.7 Å². The van der Waals surface area contributed by atoms with Crippen LogP contribution in [0.1, 0.15) is 43.7 Å². The van der Waals surface area contributed by atoms with Crippen LogP contribution in [0.15, 0.2) is 22.7 Å². The van der Waals surface area contributed by atoms with Gasteiger partial charge < -0.3 is 0 Å². The maximum absolute atomic E-state index is 13.0. The first kappa shape index (κ1) is 16.3. The molecule has 0 spiro atoms. The monoisotopic (exact) mass is 364 g/mol. The Bertz CT molecular complexity index is 718. The topological polar surface area (TPSA) is 17.1 Å². The lowest BCUT2D eigenvalue weighted by molar-refractivity contribution is 0.103. The van der Waals surface area contributed by atoms with E-state index in [1.54, 1.807) is 12.1 Å². The molecule has 0 atom stereocenters. The van der Waals surface area contributed by atoms with Gasteiger partial charge in [-0.3, -0.25) is 4.79 Å². The van der Waals surface area contributed by atoms with Gasteiger partial charge in [-0.05, 0) is 80.6 Å². The van der Waals surface area contributed by atoms with Crippen molar-refractivity contribution in [3.8, 4) is 0 Å². The fourth-order valence-electron chi connectivity index (χ4n) is 2.65. The van der Waals surface area contributed by atoms with E-state index in [9.17, 15) is 4.79 Å². The minimum absolute atomic E-state index is 0.0116. The third kappa shape index (κ3) is 2.79. The van der Waals surface area contributed by atoms with E-state index in [2.05, 4.69) is 36.7 Å². The van der Waals surface area contributed by atoms with Crippen molar-refractivity contribution < 1.29 is 4.79 Å². The average Bonchev–Trinajstić information content (AvgIpc) is 2.45. The summed E-state index contributed by atoms with van der Waals surface area (Å²) in [6.07, 6.45) is 0. The molecule has 2 rings (SSSR count). The second-order valence-corrected chi connectivity index (χ2v) is 6.78. The van der Waals surface area contributed by atoms with Crippen LogP contribution in [0.2, 0.25) is 5.02 Å². The zero-order valence-electron chi connectivity index (χ0n) is 12.9. The Kier molecular flexibility index (Phi) is 4.60. The van der Waals surface area contributed by atoms with E-state index in [-0.39, 0.29) is 5.78 Å². The number of rotatable bonds is 2. The van der Waals surface area contributed by atoms with Crippen LogP contribution in [-0.2, 0) is 0 Å². The molecule has 0 aliphatic carbocycles. The molecule has 0 aliphatic rings. The summed E-state index contributed by atoms with van der Waals surface area (Å²) in [7, 11) is 0. The molecule has 0 bridgehead atoms. The maximum Gasteiger partial charge on any atom is 0.195 e. The minimum Gasteiger partial charge on any atom is -0.289 e.